The number of amides is 1. The topological polar surface area (TPSA) is 66.5 Å². The quantitative estimate of drug-likeness (QED) is 0.718. The van der Waals surface area contributed by atoms with Crippen molar-refractivity contribution >= 4 is 50.5 Å². The van der Waals surface area contributed by atoms with E-state index in [1.807, 2.05) is 32.0 Å². The van der Waals surface area contributed by atoms with Gasteiger partial charge in [0.25, 0.3) is 0 Å². The van der Waals surface area contributed by atoms with E-state index in [2.05, 4.69) is 5.32 Å². The molecule has 0 aliphatic carbocycles. The third kappa shape index (κ3) is 5.15. The Hall–Kier alpha value is -1.76. The molecule has 0 aliphatic heterocycles. The molecule has 0 bridgehead atoms. The minimum absolute atomic E-state index is 0.215. The summed E-state index contributed by atoms with van der Waals surface area (Å²) in [5.41, 5.74) is 2.83. The molecule has 0 heterocycles. The van der Waals surface area contributed by atoms with Gasteiger partial charge in [0.2, 0.25) is 15.9 Å². The van der Waals surface area contributed by atoms with Crippen molar-refractivity contribution in [1.82, 2.24) is 0 Å². The highest BCUT2D eigenvalue weighted by atomic mass is 35.5. The van der Waals surface area contributed by atoms with Crippen LogP contribution in [0.4, 0.5) is 11.4 Å². The van der Waals surface area contributed by atoms with Gasteiger partial charge in [-0.1, -0.05) is 42.3 Å². The van der Waals surface area contributed by atoms with Gasteiger partial charge in [0.1, 0.15) is 6.04 Å². The molecule has 0 saturated heterocycles. The Bertz CT molecular complexity index is 961. The van der Waals surface area contributed by atoms with Crippen LogP contribution in [0.15, 0.2) is 36.4 Å². The first kappa shape index (κ1) is 21.5. The standard InChI is InChI=1S/C19H22Cl2N2O3S/c1-5-18(19(24)22-17-10-12(2)6-7-13(17)3)23(27(4,25)26)14-8-9-15(20)16(21)11-14/h6-11,18H,5H2,1-4H3,(H,22,24)/t18-/m0/s1. The number of hydrogen-bond acceptors (Lipinski definition) is 3. The number of nitrogens with zero attached hydrogens (tertiary/aromatic N) is 1. The Morgan fingerprint density at radius 1 is 1.11 bits per heavy atom. The van der Waals surface area contributed by atoms with Gasteiger partial charge in [0, 0.05) is 5.69 Å². The number of carbonyl (C=O) groups excluding carboxylic acids is 1. The summed E-state index contributed by atoms with van der Waals surface area (Å²) in [7, 11) is -3.74. The molecule has 1 atom stereocenters. The molecule has 0 radical (unpaired) electrons. The molecule has 5 nitrogen and oxygen atoms in total. The van der Waals surface area contributed by atoms with E-state index in [1.54, 1.807) is 6.92 Å². The maximum absolute atomic E-state index is 12.9. The fourth-order valence-electron chi connectivity index (χ4n) is 2.77. The average Bonchev–Trinajstić information content (AvgIpc) is 2.57. The molecule has 0 saturated carbocycles. The zero-order chi connectivity index (χ0) is 20.4. The van der Waals surface area contributed by atoms with Gasteiger partial charge < -0.3 is 5.32 Å². The van der Waals surface area contributed by atoms with E-state index in [0.717, 1.165) is 21.7 Å². The average molecular weight is 429 g/mol. The molecule has 8 heteroatoms. The van der Waals surface area contributed by atoms with E-state index >= 15 is 0 Å². The van der Waals surface area contributed by atoms with Gasteiger partial charge in [-0.2, -0.15) is 0 Å². The maximum atomic E-state index is 12.9. The predicted molar refractivity (Wildman–Crippen MR) is 112 cm³/mol. The van der Waals surface area contributed by atoms with Crippen LogP contribution in [0, 0.1) is 13.8 Å². The first-order valence-electron chi connectivity index (χ1n) is 8.37. The smallest absolute Gasteiger partial charge is 0.248 e. The third-order valence-electron chi connectivity index (χ3n) is 4.14. The van der Waals surface area contributed by atoms with Gasteiger partial charge in [0.15, 0.2) is 0 Å². The van der Waals surface area contributed by atoms with Crippen LogP contribution in [0.25, 0.3) is 0 Å². The lowest BCUT2D eigenvalue weighted by molar-refractivity contribution is -0.117. The highest BCUT2D eigenvalue weighted by molar-refractivity contribution is 7.92. The predicted octanol–water partition coefficient (Wildman–Crippen LogP) is 4.79. The first-order valence-corrected chi connectivity index (χ1v) is 11.0. The highest BCUT2D eigenvalue weighted by Crippen LogP contribution is 2.30. The Kier molecular flexibility index (Phi) is 6.78. The van der Waals surface area contributed by atoms with Gasteiger partial charge in [-0.15, -0.1) is 0 Å². The van der Waals surface area contributed by atoms with E-state index < -0.39 is 22.0 Å². The molecule has 1 N–H and O–H groups in total. The maximum Gasteiger partial charge on any atom is 0.248 e. The van der Waals surface area contributed by atoms with Crippen LogP contribution < -0.4 is 9.62 Å². The molecule has 2 aromatic carbocycles. The van der Waals surface area contributed by atoms with Crippen LogP contribution in [-0.4, -0.2) is 26.6 Å². The second kappa shape index (κ2) is 8.50. The summed E-state index contributed by atoms with van der Waals surface area (Å²) >= 11 is 12.0. The zero-order valence-corrected chi connectivity index (χ0v) is 17.9. The number of nitrogens with one attached hydrogen (secondary N) is 1. The Balaban J connectivity index is 2.44. The second-order valence-electron chi connectivity index (χ2n) is 6.39. The van der Waals surface area contributed by atoms with Crippen molar-refractivity contribution in [3.8, 4) is 0 Å². The summed E-state index contributed by atoms with van der Waals surface area (Å²) in [6, 6.07) is 9.25. The number of anilines is 2. The molecule has 0 spiro atoms. The van der Waals surface area contributed by atoms with Crippen molar-refractivity contribution in [1.29, 1.82) is 0 Å². The van der Waals surface area contributed by atoms with Gasteiger partial charge in [0.05, 0.1) is 22.0 Å². The second-order valence-corrected chi connectivity index (χ2v) is 9.06. The number of sulfonamides is 1. The van der Waals surface area contributed by atoms with Gasteiger partial charge in [-0.3, -0.25) is 9.10 Å². The van der Waals surface area contributed by atoms with E-state index in [4.69, 9.17) is 23.2 Å². The lowest BCUT2D eigenvalue weighted by Gasteiger charge is -2.30. The summed E-state index contributed by atoms with van der Waals surface area (Å²) in [4.78, 5) is 12.9. The SMILES string of the molecule is CC[C@@H](C(=O)Nc1cc(C)ccc1C)N(c1ccc(Cl)c(Cl)c1)S(C)(=O)=O. The monoisotopic (exact) mass is 428 g/mol. The first-order chi connectivity index (χ1) is 12.5. The summed E-state index contributed by atoms with van der Waals surface area (Å²) in [5.74, 6) is -0.414. The van der Waals surface area contributed by atoms with Gasteiger partial charge in [-0.25, -0.2) is 8.42 Å². The zero-order valence-electron chi connectivity index (χ0n) is 15.6. The van der Waals surface area contributed by atoms with Crippen LogP contribution in [0.5, 0.6) is 0 Å². The molecule has 0 aliphatic rings. The number of halogens is 2. The summed E-state index contributed by atoms with van der Waals surface area (Å²) in [5, 5.41) is 3.37. The van der Waals surface area contributed by atoms with Crippen molar-refractivity contribution in [2.75, 3.05) is 15.9 Å². The van der Waals surface area contributed by atoms with E-state index in [9.17, 15) is 13.2 Å². The number of aryl methyl sites for hydroxylation is 2. The Morgan fingerprint density at radius 3 is 2.33 bits per heavy atom. The largest absolute Gasteiger partial charge is 0.324 e. The molecular formula is C19H22Cl2N2O3S. The normalized spacial score (nSPS) is 12.5. The van der Waals surface area contributed by atoms with Crippen LogP contribution in [0.2, 0.25) is 10.0 Å². The molecule has 0 aromatic heterocycles. The lowest BCUT2D eigenvalue weighted by atomic mass is 10.1. The Morgan fingerprint density at radius 2 is 1.78 bits per heavy atom. The van der Waals surface area contributed by atoms with E-state index in [-0.39, 0.29) is 17.1 Å². The molecule has 0 fully saturated rings. The molecule has 146 valence electrons. The van der Waals surface area contributed by atoms with Crippen LogP contribution in [-0.2, 0) is 14.8 Å². The van der Waals surface area contributed by atoms with Crippen LogP contribution >= 0.6 is 23.2 Å². The van der Waals surface area contributed by atoms with Crippen molar-refractivity contribution < 1.29 is 13.2 Å². The lowest BCUT2D eigenvalue weighted by Crippen LogP contribution is -2.47. The fourth-order valence-corrected chi connectivity index (χ4v) is 4.26. The highest BCUT2D eigenvalue weighted by Gasteiger charge is 2.32. The molecule has 2 aromatic rings. The molecule has 0 unspecified atom stereocenters. The van der Waals surface area contributed by atoms with Crippen molar-refractivity contribution in [3.05, 3.63) is 57.6 Å². The summed E-state index contributed by atoms with van der Waals surface area (Å²) in [6.45, 7) is 5.55. The van der Waals surface area contributed by atoms with Crippen LogP contribution in [0.1, 0.15) is 24.5 Å². The number of carbonyl (C=O) groups is 1. The number of hydrogen-bond donors (Lipinski definition) is 1. The van der Waals surface area contributed by atoms with Crippen molar-refractivity contribution in [2.45, 2.75) is 33.2 Å². The third-order valence-corrected chi connectivity index (χ3v) is 6.06. The van der Waals surface area contributed by atoms with Crippen molar-refractivity contribution in [3.63, 3.8) is 0 Å². The van der Waals surface area contributed by atoms with E-state index in [1.165, 1.54) is 18.2 Å². The van der Waals surface area contributed by atoms with Crippen LogP contribution in [0.3, 0.4) is 0 Å². The van der Waals surface area contributed by atoms with Gasteiger partial charge >= 0.3 is 0 Å². The molecule has 1 amide bonds. The van der Waals surface area contributed by atoms with E-state index in [0.29, 0.717) is 10.7 Å². The summed E-state index contributed by atoms with van der Waals surface area (Å²) < 4.78 is 26.0. The minimum atomic E-state index is -3.74. The fraction of sp³-hybridized carbons (Fsp3) is 0.316. The number of rotatable bonds is 6. The van der Waals surface area contributed by atoms with Gasteiger partial charge in [-0.05, 0) is 55.7 Å². The Labute approximate surface area is 170 Å². The minimum Gasteiger partial charge on any atom is -0.324 e. The molecular weight excluding hydrogens is 407 g/mol. The molecule has 27 heavy (non-hydrogen) atoms. The number of benzene rings is 2. The summed E-state index contributed by atoms with van der Waals surface area (Å²) in [6.07, 6.45) is 1.34. The molecule has 2 rings (SSSR count). The van der Waals surface area contributed by atoms with Crippen molar-refractivity contribution in [2.24, 2.45) is 0 Å².